The number of methoxy groups -OCH3 is 1. The van der Waals surface area contributed by atoms with E-state index in [9.17, 15) is 0 Å². The fourth-order valence-corrected chi connectivity index (χ4v) is 1.32. The van der Waals surface area contributed by atoms with E-state index in [1.807, 2.05) is 13.0 Å². The minimum atomic E-state index is 0.431. The molecule has 1 aromatic heterocycles. The number of nitrogens with zero attached hydrogens (tertiary/aromatic N) is 2. The van der Waals surface area contributed by atoms with Gasteiger partial charge >= 0.3 is 0 Å². The molecule has 0 unspecified atom stereocenters. The van der Waals surface area contributed by atoms with Crippen LogP contribution in [0.2, 0.25) is 0 Å². The minimum Gasteiger partial charge on any atom is -0.380 e. The van der Waals surface area contributed by atoms with Crippen molar-refractivity contribution in [3.63, 3.8) is 0 Å². The van der Waals surface area contributed by atoms with Gasteiger partial charge in [-0.25, -0.2) is 4.98 Å². The smallest absolute Gasteiger partial charge is 0.144 e. The monoisotopic (exact) mass is 191 g/mol. The summed E-state index contributed by atoms with van der Waals surface area (Å²) in [7, 11) is 3.36. The topological polar surface area (TPSA) is 57.9 Å². The van der Waals surface area contributed by atoms with E-state index in [1.165, 1.54) is 0 Å². The number of anilines is 1. The van der Waals surface area contributed by atoms with Crippen LogP contribution in [0, 0.1) is 18.3 Å². The first-order valence-corrected chi connectivity index (χ1v) is 4.30. The lowest BCUT2D eigenvalue weighted by atomic mass is 10.1. The van der Waals surface area contributed by atoms with Gasteiger partial charge in [-0.3, -0.25) is 0 Å². The number of rotatable bonds is 3. The lowest BCUT2D eigenvalue weighted by Crippen LogP contribution is -2.03. The number of nitrogens with one attached hydrogen (secondary N) is 1. The zero-order valence-electron chi connectivity index (χ0n) is 8.59. The fraction of sp³-hybridized carbons (Fsp3) is 0.400. The summed E-state index contributed by atoms with van der Waals surface area (Å²) in [5, 5.41) is 11.9. The Morgan fingerprint density at radius 2 is 2.36 bits per heavy atom. The second-order valence-corrected chi connectivity index (χ2v) is 2.94. The van der Waals surface area contributed by atoms with Gasteiger partial charge in [-0.1, -0.05) is 0 Å². The Morgan fingerprint density at radius 3 is 2.86 bits per heavy atom. The molecule has 0 atom stereocenters. The molecule has 0 aliphatic rings. The zero-order valence-corrected chi connectivity index (χ0v) is 8.59. The zero-order chi connectivity index (χ0) is 10.6. The van der Waals surface area contributed by atoms with E-state index < -0.39 is 0 Å². The third-order valence-electron chi connectivity index (χ3n) is 1.88. The van der Waals surface area contributed by atoms with Crippen LogP contribution in [0.3, 0.4) is 0 Å². The van der Waals surface area contributed by atoms with Gasteiger partial charge in [-0.05, 0) is 13.0 Å². The van der Waals surface area contributed by atoms with Crippen molar-refractivity contribution in [2.75, 3.05) is 19.5 Å². The molecule has 0 saturated carbocycles. The van der Waals surface area contributed by atoms with Crippen LogP contribution >= 0.6 is 0 Å². The van der Waals surface area contributed by atoms with Crippen LogP contribution < -0.4 is 5.32 Å². The summed E-state index contributed by atoms with van der Waals surface area (Å²) in [4.78, 5) is 4.22. The van der Waals surface area contributed by atoms with Crippen LogP contribution in [-0.4, -0.2) is 19.1 Å². The quantitative estimate of drug-likeness (QED) is 0.785. The molecule has 0 radical (unpaired) electrons. The van der Waals surface area contributed by atoms with Crippen molar-refractivity contribution in [3.05, 3.63) is 22.9 Å². The Morgan fingerprint density at radius 1 is 1.64 bits per heavy atom. The van der Waals surface area contributed by atoms with Crippen LogP contribution in [-0.2, 0) is 11.3 Å². The Bertz CT molecular complexity index is 368. The van der Waals surface area contributed by atoms with E-state index in [0.717, 1.165) is 11.3 Å². The number of aromatic nitrogens is 1. The van der Waals surface area contributed by atoms with Crippen molar-refractivity contribution < 1.29 is 4.74 Å². The van der Waals surface area contributed by atoms with Gasteiger partial charge in [0.2, 0.25) is 0 Å². The van der Waals surface area contributed by atoms with E-state index >= 15 is 0 Å². The molecule has 0 saturated heterocycles. The summed E-state index contributed by atoms with van der Waals surface area (Å²) < 4.78 is 5.02. The molecule has 4 nitrogen and oxygen atoms in total. The van der Waals surface area contributed by atoms with Gasteiger partial charge in [-0.15, -0.1) is 0 Å². The third kappa shape index (κ3) is 2.01. The van der Waals surface area contributed by atoms with Gasteiger partial charge < -0.3 is 10.1 Å². The van der Waals surface area contributed by atoms with E-state index in [1.54, 1.807) is 14.2 Å². The first kappa shape index (κ1) is 10.5. The molecule has 0 aliphatic carbocycles. The van der Waals surface area contributed by atoms with Gasteiger partial charge in [0.1, 0.15) is 11.9 Å². The summed E-state index contributed by atoms with van der Waals surface area (Å²) in [5.74, 6) is 0.611. The van der Waals surface area contributed by atoms with Gasteiger partial charge in [0.25, 0.3) is 0 Å². The molecule has 14 heavy (non-hydrogen) atoms. The predicted octanol–water partition coefficient (Wildman–Crippen LogP) is 1.45. The lowest BCUT2D eigenvalue weighted by Gasteiger charge is -2.08. The van der Waals surface area contributed by atoms with E-state index in [4.69, 9.17) is 10.00 Å². The minimum absolute atomic E-state index is 0.431. The largest absolute Gasteiger partial charge is 0.380 e. The highest BCUT2D eigenvalue weighted by Gasteiger charge is 2.09. The maximum Gasteiger partial charge on any atom is 0.144 e. The molecular formula is C10H13N3O. The first-order valence-electron chi connectivity index (χ1n) is 4.30. The van der Waals surface area contributed by atoms with Crippen molar-refractivity contribution in [1.82, 2.24) is 4.98 Å². The Hall–Kier alpha value is -1.60. The van der Waals surface area contributed by atoms with Crippen molar-refractivity contribution >= 4 is 5.82 Å². The van der Waals surface area contributed by atoms with Crippen LogP contribution in [0.15, 0.2) is 6.07 Å². The highest BCUT2D eigenvalue weighted by Crippen LogP contribution is 2.18. The molecule has 74 valence electrons. The molecule has 0 aliphatic heterocycles. The SMILES string of the molecule is CNc1nc(C)cc(COC)c1C#N. The summed E-state index contributed by atoms with van der Waals surface area (Å²) >= 11 is 0. The lowest BCUT2D eigenvalue weighted by molar-refractivity contribution is 0.184. The Balaban J connectivity index is 3.26. The van der Waals surface area contributed by atoms with Crippen molar-refractivity contribution in [3.8, 4) is 6.07 Å². The molecule has 4 heteroatoms. The molecule has 0 bridgehead atoms. The third-order valence-corrected chi connectivity index (χ3v) is 1.88. The van der Waals surface area contributed by atoms with Gasteiger partial charge in [0.05, 0.1) is 12.2 Å². The number of nitriles is 1. The highest BCUT2D eigenvalue weighted by molar-refractivity contribution is 5.56. The Labute approximate surface area is 83.5 Å². The molecule has 1 rings (SSSR count). The maximum atomic E-state index is 8.96. The standard InChI is InChI=1S/C10H13N3O/c1-7-4-8(6-14-3)9(5-11)10(12-2)13-7/h4H,6H2,1-3H3,(H,12,13). The maximum absolute atomic E-state index is 8.96. The predicted molar refractivity (Wildman–Crippen MR) is 53.9 cm³/mol. The molecule has 1 N–H and O–H groups in total. The van der Waals surface area contributed by atoms with Gasteiger partial charge in [0, 0.05) is 25.4 Å². The second-order valence-electron chi connectivity index (χ2n) is 2.94. The van der Waals surface area contributed by atoms with E-state index in [0.29, 0.717) is 18.0 Å². The van der Waals surface area contributed by atoms with E-state index in [2.05, 4.69) is 16.4 Å². The van der Waals surface area contributed by atoms with Crippen LogP contribution in [0.1, 0.15) is 16.8 Å². The summed E-state index contributed by atoms with van der Waals surface area (Å²) in [6.45, 7) is 2.32. The molecule has 0 amide bonds. The van der Waals surface area contributed by atoms with Crippen LogP contribution in [0.25, 0.3) is 0 Å². The number of hydrogen-bond acceptors (Lipinski definition) is 4. The summed E-state index contributed by atoms with van der Waals surface area (Å²) in [6, 6.07) is 3.99. The molecule has 0 spiro atoms. The fourth-order valence-electron chi connectivity index (χ4n) is 1.32. The first-order chi connectivity index (χ1) is 6.72. The summed E-state index contributed by atoms with van der Waals surface area (Å²) in [5.41, 5.74) is 2.30. The molecule has 0 fully saturated rings. The molecule has 1 heterocycles. The number of pyridine rings is 1. The molecule has 0 aromatic carbocycles. The highest BCUT2D eigenvalue weighted by atomic mass is 16.5. The van der Waals surface area contributed by atoms with Crippen molar-refractivity contribution in [2.24, 2.45) is 0 Å². The normalized spacial score (nSPS) is 9.57. The average molecular weight is 191 g/mol. The number of ether oxygens (including phenoxy) is 1. The summed E-state index contributed by atoms with van der Waals surface area (Å²) in [6.07, 6.45) is 0. The van der Waals surface area contributed by atoms with Crippen molar-refractivity contribution in [2.45, 2.75) is 13.5 Å². The number of hydrogen-bond donors (Lipinski definition) is 1. The van der Waals surface area contributed by atoms with E-state index in [-0.39, 0.29) is 0 Å². The number of aryl methyl sites for hydroxylation is 1. The molecule has 1 aromatic rings. The average Bonchev–Trinajstić information content (AvgIpc) is 2.17. The van der Waals surface area contributed by atoms with Gasteiger partial charge in [-0.2, -0.15) is 5.26 Å². The van der Waals surface area contributed by atoms with Gasteiger partial charge in [0.15, 0.2) is 0 Å². The van der Waals surface area contributed by atoms with Crippen LogP contribution in [0.4, 0.5) is 5.82 Å². The Kier molecular flexibility index (Phi) is 3.43. The second kappa shape index (κ2) is 4.58. The molecular weight excluding hydrogens is 178 g/mol. The van der Waals surface area contributed by atoms with Crippen molar-refractivity contribution in [1.29, 1.82) is 5.26 Å². The van der Waals surface area contributed by atoms with Crippen LogP contribution in [0.5, 0.6) is 0 Å².